The number of nitrogens with zero attached hydrogens (tertiary/aromatic N) is 2. The van der Waals surface area contributed by atoms with Crippen LogP contribution in [0.15, 0.2) is 75.8 Å². The highest BCUT2D eigenvalue weighted by Gasteiger charge is 2.33. The standard InChI is InChI=1S/C28H28N2O4S/c1-6-34-28(32)25-26(31)24(35-27(25)29-21-9-7-17(2)8-10-21)16-20-15-18(3)30(19(20)4)22-11-13-23(33-5)14-12-22/h7-16,31H,6H2,1-5H3/b24-16+,29-27?. The number of carbonyl (C=O) groups is 1. The highest BCUT2D eigenvalue weighted by atomic mass is 32.2. The fourth-order valence-corrected chi connectivity index (χ4v) is 4.96. The summed E-state index contributed by atoms with van der Waals surface area (Å²) in [6, 6.07) is 17.6. The van der Waals surface area contributed by atoms with Gasteiger partial charge in [0.05, 0.1) is 24.3 Å². The fourth-order valence-electron chi connectivity index (χ4n) is 3.93. The Morgan fingerprint density at radius 1 is 1.09 bits per heavy atom. The van der Waals surface area contributed by atoms with Crippen molar-refractivity contribution in [3.8, 4) is 11.4 Å². The maximum Gasteiger partial charge on any atom is 0.344 e. The largest absolute Gasteiger partial charge is 0.506 e. The van der Waals surface area contributed by atoms with Crippen LogP contribution in [0.4, 0.5) is 5.69 Å². The van der Waals surface area contributed by atoms with E-state index in [1.54, 1.807) is 14.0 Å². The molecular formula is C28H28N2O4S. The SMILES string of the molecule is CCOC(=O)C1=C(O)/C(=C\c2cc(C)n(-c3ccc(OC)cc3)c2C)SC1=Nc1ccc(C)cc1. The van der Waals surface area contributed by atoms with E-state index < -0.39 is 5.97 Å². The van der Waals surface area contributed by atoms with E-state index in [-0.39, 0.29) is 17.9 Å². The topological polar surface area (TPSA) is 73.0 Å². The van der Waals surface area contributed by atoms with Crippen molar-refractivity contribution >= 4 is 34.5 Å². The third kappa shape index (κ3) is 5.05. The third-order valence-corrected chi connectivity index (χ3v) is 6.74. The molecule has 7 heteroatoms. The minimum Gasteiger partial charge on any atom is -0.506 e. The molecular weight excluding hydrogens is 460 g/mol. The molecule has 0 saturated heterocycles. The molecule has 0 fully saturated rings. The first-order valence-corrected chi connectivity index (χ1v) is 12.1. The first-order valence-electron chi connectivity index (χ1n) is 11.3. The summed E-state index contributed by atoms with van der Waals surface area (Å²) in [7, 11) is 1.64. The molecule has 6 nitrogen and oxygen atoms in total. The minimum atomic E-state index is -0.588. The van der Waals surface area contributed by atoms with Crippen LogP contribution in [0.25, 0.3) is 11.8 Å². The molecule has 1 N–H and O–H groups in total. The molecule has 2 heterocycles. The van der Waals surface area contributed by atoms with Crippen LogP contribution < -0.4 is 4.74 Å². The summed E-state index contributed by atoms with van der Waals surface area (Å²) in [5.74, 6) is 0.0897. The Hall–Kier alpha value is -3.71. The Morgan fingerprint density at radius 3 is 2.40 bits per heavy atom. The van der Waals surface area contributed by atoms with Gasteiger partial charge in [0.25, 0.3) is 0 Å². The lowest BCUT2D eigenvalue weighted by Crippen LogP contribution is -2.12. The lowest BCUT2D eigenvalue weighted by Gasteiger charge is -2.10. The molecule has 0 amide bonds. The van der Waals surface area contributed by atoms with Crippen LogP contribution in [-0.2, 0) is 9.53 Å². The smallest absolute Gasteiger partial charge is 0.344 e. The van der Waals surface area contributed by atoms with Crippen LogP contribution in [0.5, 0.6) is 5.75 Å². The van der Waals surface area contributed by atoms with Crippen LogP contribution in [0.3, 0.4) is 0 Å². The average Bonchev–Trinajstić information content (AvgIpc) is 3.30. The van der Waals surface area contributed by atoms with Gasteiger partial charge in [-0.2, -0.15) is 0 Å². The molecule has 180 valence electrons. The molecule has 0 saturated carbocycles. The molecule has 1 aromatic heterocycles. The molecule has 35 heavy (non-hydrogen) atoms. The number of benzene rings is 2. The van der Waals surface area contributed by atoms with E-state index in [9.17, 15) is 9.90 Å². The van der Waals surface area contributed by atoms with Crippen molar-refractivity contribution in [2.75, 3.05) is 13.7 Å². The van der Waals surface area contributed by atoms with Gasteiger partial charge in [-0.15, -0.1) is 0 Å². The van der Waals surface area contributed by atoms with Gasteiger partial charge in [-0.3, -0.25) is 0 Å². The van der Waals surface area contributed by atoms with Crippen LogP contribution in [0.1, 0.15) is 29.4 Å². The van der Waals surface area contributed by atoms with E-state index in [1.165, 1.54) is 11.8 Å². The summed E-state index contributed by atoms with van der Waals surface area (Å²) >= 11 is 1.26. The fraction of sp³-hybridized carbons (Fsp3) is 0.214. The molecule has 0 unspecified atom stereocenters. The molecule has 4 rings (SSSR count). The summed E-state index contributed by atoms with van der Waals surface area (Å²) < 4.78 is 12.6. The maximum absolute atomic E-state index is 12.7. The number of methoxy groups -OCH3 is 1. The van der Waals surface area contributed by atoms with Crippen LogP contribution in [0, 0.1) is 20.8 Å². The molecule has 0 aliphatic carbocycles. The second-order valence-corrected chi connectivity index (χ2v) is 9.20. The Bertz CT molecular complexity index is 1350. The highest BCUT2D eigenvalue weighted by Crippen LogP contribution is 2.41. The molecule has 1 aliphatic rings. The Balaban J connectivity index is 1.75. The molecule has 0 spiro atoms. The van der Waals surface area contributed by atoms with Gasteiger partial charge >= 0.3 is 5.97 Å². The summed E-state index contributed by atoms with van der Waals surface area (Å²) in [5, 5.41) is 11.4. The van der Waals surface area contributed by atoms with Crippen LogP contribution >= 0.6 is 11.8 Å². The molecule has 2 aromatic carbocycles. The van der Waals surface area contributed by atoms with Gasteiger partial charge in [-0.25, -0.2) is 9.79 Å². The number of esters is 1. The number of ether oxygens (including phenoxy) is 2. The van der Waals surface area contributed by atoms with Crippen LogP contribution in [0.2, 0.25) is 0 Å². The highest BCUT2D eigenvalue weighted by molar-refractivity contribution is 8.18. The van der Waals surface area contributed by atoms with Gasteiger partial charge in [0.15, 0.2) is 0 Å². The van der Waals surface area contributed by atoms with E-state index in [1.807, 2.05) is 75.4 Å². The van der Waals surface area contributed by atoms with E-state index in [2.05, 4.69) is 15.6 Å². The van der Waals surface area contributed by atoms with Crippen molar-refractivity contribution in [3.05, 3.63) is 93.3 Å². The molecule has 0 radical (unpaired) electrons. The normalized spacial score (nSPS) is 15.8. The number of hydrogen-bond acceptors (Lipinski definition) is 6. The predicted molar refractivity (Wildman–Crippen MR) is 142 cm³/mol. The van der Waals surface area contributed by atoms with E-state index >= 15 is 0 Å². The zero-order valence-electron chi connectivity index (χ0n) is 20.5. The molecule has 0 bridgehead atoms. The summed E-state index contributed by atoms with van der Waals surface area (Å²) in [6.45, 7) is 8.00. The van der Waals surface area contributed by atoms with E-state index in [0.29, 0.717) is 15.6 Å². The Morgan fingerprint density at radius 2 is 1.77 bits per heavy atom. The number of thioether (sulfide) groups is 1. The minimum absolute atomic E-state index is 0.0904. The van der Waals surface area contributed by atoms with Crippen molar-refractivity contribution < 1.29 is 19.4 Å². The Kier molecular flexibility index (Phi) is 7.17. The Labute approximate surface area is 209 Å². The average molecular weight is 489 g/mol. The maximum atomic E-state index is 12.7. The number of aromatic nitrogens is 1. The predicted octanol–water partition coefficient (Wildman–Crippen LogP) is 6.60. The number of aliphatic hydroxyl groups excluding tert-OH is 1. The van der Waals surface area contributed by atoms with Crippen molar-refractivity contribution in [2.24, 2.45) is 4.99 Å². The number of aliphatic imine (C=N–C) groups is 1. The molecule has 3 aromatic rings. The van der Waals surface area contributed by atoms with Gasteiger partial charge < -0.3 is 19.1 Å². The summed E-state index contributed by atoms with van der Waals surface area (Å²) in [5.41, 5.74) is 5.91. The van der Waals surface area contributed by atoms with Crippen molar-refractivity contribution in [3.63, 3.8) is 0 Å². The number of carbonyl (C=O) groups excluding carboxylic acids is 1. The number of hydrogen-bond donors (Lipinski definition) is 1. The first-order chi connectivity index (χ1) is 16.8. The second kappa shape index (κ2) is 10.3. The van der Waals surface area contributed by atoms with Gasteiger partial charge in [0.1, 0.15) is 22.1 Å². The zero-order chi connectivity index (χ0) is 25.1. The molecule has 0 atom stereocenters. The molecule has 1 aliphatic heterocycles. The monoisotopic (exact) mass is 488 g/mol. The van der Waals surface area contributed by atoms with Gasteiger partial charge in [-0.05, 0) is 81.8 Å². The van der Waals surface area contributed by atoms with Gasteiger partial charge in [0.2, 0.25) is 0 Å². The van der Waals surface area contributed by atoms with Gasteiger partial charge in [-0.1, -0.05) is 29.5 Å². The van der Waals surface area contributed by atoms with Crippen LogP contribution in [-0.4, -0.2) is 34.4 Å². The van der Waals surface area contributed by atoms with Crippen molar-refractivity contribution in [1.82, 2.24) is 4.57 Å². The lowest BCUT2D eigenvalue weighted by molar-refractivity contribution is -0.138. The summed E-state index contributed by atoms with van der Waals surface area (Å²) in [4.78, 5) is 17.9. The van der Waals surface area contributed by atoms with E-state index in [4.69, 9.17) is 9.47 Å². The van der Waals surface area contributed by atoms with Crippen molar-refractivity contribution in [2.45, 2.75) is 27.7 Å². The number of aryl methyl sites for hydroxylation is 2. The van der Waals surface area contributed by atoms with Gasteiger partial charge in [0, 0.05) is 17.1 Å². The second-order valence-electron chi connectivity index (χ2n) is 8.17. The number of aliphatic hydroxyl groups is 1. The number of rotatable bonds is 6. The lowest BCUT2D eigenvalue weighted by atomic mass is 10.1. The summed E-state index contributed by atoms with van der Waals surface area (Å²) in [6.07, 6.45) is 1.89. The zero-order valence-corrected chi connectivity index (χ0v) is 21.3. The first kappa shape index (κ1) is 24.4. The van der Waals surface area contributed by atoms with E-state index in [0.717, 1.165) is 34.0 Å². The third-order valence-electron chi connectivity index (χ3n) is 5.72. The quantitative estimate of drug-likeness (QED) is 0.396. The van der Waals surface area contributed by atoms with Crippen molar-refractivity contribution in [1.29, 1.82) is 0 Å².